The maximum Gasteiger partial charge on any atom is 0.236 e. The normalized spacial score (nSPS) is 14.5. The summed E-state index contributed by atoms with van der Waals surface area (Å²) in [5.41, 5.74) is 6.44. The fourth-order valence-corrected chi connectivity index (χ4v) is 1.60. The number of aliphatic hydroxyl groups excluding tert-OH is 2. The Balaban J connectivity index is 2.84. The Labute approximate surface area is 99.7 Å². The Morgan fingerprint density at radius 2 is 2.25 bits per heavy atom. The van der Waals surface area contributed by atoms with E-state index >= 15 is 0 Å². The maximum absolute atomic E-state index is 9.79. The third kappa shape index (κ3) is 3.01. The van der Waals surface area contributed by atoms with Crippen molar-refractivity contribution < 1.29 is 14.9 Å². The number of anilines is 1. The van der Waals surface area contributed by atoms with Crippen molar-refractivity contribution in [1.82, 2.24) is 4.98 Å². The first-order valence-electron chi connectivity index (χ1n) is 4.86. The summed E-state index contributed by atoms with van der Waals surface area (Å²) < 4.78 is 4.90. The molecule has 6 heteroatoms. The summed E-state index contributed by atoms with van der Waals surface area (Å²) in [4.78, 5) is 3.92. The number of nitrogen functional groups attached to an aromatic ring is 1. The Morgan fingerprint density at radius 1 is 1.56 bits per heavy atom. The standard InChI is InChI=1S/C10H16N2O3S/c1-15-10-7(11)4-6(5-12-10)9(14)8(13)2-3-16/h4-5,8-9,13-14,16H,2-3,11H2,1H3. The Morgan fingerprint density at radius 3 is 2.75 bits per heavy atom. The van der Waals surface area contributed by atoms with Crippen molar-refractivity contribution in [2.45, 2.75) is 18.6 Å². The average Bonchev–Trinajstić information content (AvgIpc) is 2.28. The molecular formula is C10H16N2O3S. The number of ether oxygens (including phenoxy) is 1. The van der Waals surface area contributed by atoms with E-state index < -0.39 is 12.2 Å². The minimum Gasteiger partial charge on any atom is -0.480 e. The first-order valence-corrected chi connectivity index (χ1v) is 5.49. The van der Waals surface area contributed by atoms with Gasteiger partial charge in [-0.05, 0) is 18.2 Å². The molecule has 4 N–H and O–H groups in total. The smallest absolute Gasteiger partial charge is 0.236 e. The van der Waals surface area contributed by atoms with Crippen LogP contribution in [0.25, 0.3) is 0 Å². The Bertz CT molecular complexity index is 349. The van der Waals surface area contributed by atoms with Crippen molar-refractivity contribution in [3.8, 4) is 5.88 Å². The molecule has 0 spiro atoms. The second-order valence-electron chi connectivity index (χ2n) is 3.39. The third-order valence-electron chi connectivity index (χ3n) is 2.22. The highest BCUT2D eigenvalue weighted by molar-refractivity contribution is 7.80. The highest BCUT2D eigenvalue weighted by Gasteiger charge is 2.19. The van der Waals surface area contributed by atoms with Gasteiger partial charge in [-0.15, -0.1) is 0 Å². The minimum absolute atomic E-state index is 0.305. The highest BCUT2D eigenvalue weighted by Crippen LogP contribution is 2.24. The van der Waals surface area contributed by atoms with Gasteiger partial charge in [-0.3, -0.25) is 0 Å². The number of aliphatic hydroxyl groups is 2. The van der Waals surface area contributed by atoms with Crippen molar-refractivity contribution >= 4 is 18.3 Å². The Hall–Kier alpha value is -0.980. The summed E-state index contributed by atoms with van der Waals surface area (Å²) in [6.07, 6.45) is -0.0439. The quantitative estimate of drug-likeness (QED) is 0.563. The van der Waals surface area contributed by atoms with Gasteiger partial charge >= 0.3 is 0 Å². The van der Waals surface area contributed by atoms with E-state index in [-0.39, 0.29) is 0 Å². The maximum atomic E-state index is 9.79. The lowest BCUT2D eigenvalue weighted by Gasteiger charge is -2.17. The summed E-state index contributed by atoms with van der Waals surface area (Å²) in [7, 11) is 1.46. The van der Waals surface area contributed by atoms with E-state index in [1.807, 2.05) is 0 Å². The van der Waals surface area contributed by atoms with Gasteiger partial charge in [0.1, 0.15) is 6.10 Å². The molecule has 1 aromatic rings. The second-order valence-corrected chi connectivity index (χ2v) is 3.84. The molecule has 1 heterocycles. The molecule has 0 aliphatic carbocycles. The van der Waals surface area contributed by atoms with Crippen LogP contribution in [0.1, 0.15) is 18.1 Å². The predicted octanol–water partition coefficient (Wildman–Crippen LogP) is 0.387. The molecule has 2 atom stereocenters. The molecular weight excluding hydrogens is 228 g/mol. The van der Waals surface area contributed by atoms with E-state index in [0.29, 0.717) is 29.3 Å². The number of thiol groups is 1. The number of hydrogen-bond acceptors (Lipinski definition) is 6. The van der Waals surface area contributed by atoms with Crippen LogP contribution in [0.4, 0.5) is 5.69 Å². The lowest BCUT2D eigenvalue weighted by atomic mass is 10.0. The van der Waals surface area contributed by atoms with Gasteiger partial charge in [0.25, 0.3) is 0 Å². The number of nitrogens with two attached hydrogens (primary N) is 1. The van der Waals surface area contributed by atoms with Gasteiger partial charge in [0.15, 0.2) is 0 Å². The largest absolute Gasteiger partial charge is 0.480 e. The van der Waals surface area contributed by atoms with E-state index in [4.69, 9.17) is 10.5 Å². The van der Waals surface area contributed by atoms with Crippen LogP contribution >= 0.6 is 12.6 Å². The van der Waals surface area contributed by atoms with Crippen LogP contribution in [0.2, 0.25) is 0 Å². The average molecular weight is 244 g/mol. The van der Waals surface area contributed by atoms with Crippen molar-refractivity contribution in [3.05, 3.63) is 17.8 Å². The number of methoxy groups -OCH3 is 1. The molecule has 0 fully saturated rings. The summed E-state index contributed by atoms with van der Waals surface area (Å²) in [6, 6.07) is 1.54. The summed E-state index contributed by atoms with van der Waals surface area (Å²) in [5.74, 6) is 0.803. The van der Waals surface area contributed by atoms with Crippen LogP contribution in [0.3, 0.4) is 0 Å². The number of pyridine rings is 1. The first-order chi connectivity index (χ1) is 7.60. The van der Waals surface area contributed by atoms with Crippen LogP contribution in [-0.4, -0.2) is 34.2 Å². The number of aromatic nitrogens is 1. The summed E-state index contributed by atoms with van der Waals surface area (Å²) in [6.45, 7) is 0. The molecule has 0 aliphatic rings. The van der Waals surface area contributed by atoms with Crippen molar-refractivity contribution in [3.63, 3.8) is 0 Å². The van der Waals surface area contributed by atoms with Crippen LogP contribution in [-0.2, 0) is 0 Å². The molecule has 2 unspecified atom stereocenters. The highest BCUT2D eigenvalue weighted by atomic mass is 32.1. The third-order valence-corrected chi connectivity index (χ3v) is 2.48. The van der Waals surface area contributed by atoms with Gasteiger partial charge in [0.05, 0.1) is 18.9 Å². The summed E-state index contributed by atoms with van der Waals surface area (Å²) >= 11 is 3.99. The fourth-order valence-electron chi connectivity index (χ4n) is 1.33. The molecule has 0 saturated heterocycles. The van der Waals surface area contributed by atoms with E-state index in [1.165, 1.54) is 19.4 Å². The predicted molar refractivity (Wildman–Crippen MR) is 64.6 cm³/mol. The molecule has 1 aromatic heterocycles. The van der Waals surface area contributed by atoms with Crippen molar-refractivity contribution in [2.75, 3.05) is 18.6 Å². The fraction of sp³-hybridized carbons (Fsp3) is 0.500. The molecule has 0 aliphatic heterocycles. The molecule has 5 nitrogen and oxygen atoms in total. The molecule has 90 valence electrons. The zero-order chi connectivity index (χ0) is 12.1. The lowest BCUT2D eigenvalue weighted by molar-refractivity contribution is 0.0170. The van der Waals surface area contributed by atoms with Gasteiger partial charge in [-0.2, -0.15) is 12.6 Å². The van der Waals surface area contributed by atoms with E-state index in [1.54, 1.807) is 0 Å². The molecule has 0 saturated carbocycles. The number of hydrogen-bond donors (Lipinski definition) is 4. The minimum atomic E-state index is -1.01. The van der Waals surface area contributed by atoms with Crippen molar-refractivity contribution in [1.29, 1.82) is 0 Å². The van der Waals surface area contributed by atoms with E-state index in [0.717, 1.165) is 0 Å². The summed E-state index contributed by atoms with van der Waals surface area (Å²) in [5, 5.41) is 19.4. The zero-order valence-electron chi connectivity index (χ0n) is 9.00. The Kier molecular flexibility index (Phi) is 4.85. The first kappa shape index (κ1) is 13.1. The number of nitrogens with zero attached hydrogens (tertiary/aromatic N) is 1. The molecule has 0 aromatic carbocycles. The zero-order valence-corrected chi connectivity index (χ0v) is 9.89. The lowest BCUT2D eigenvalue weighted by Crippen LogP contribution is -2.19. The van der Waals surface area contributed by atoms with Crippen LogP contribution < -0.4 is 10.5 Å². The van der Waals surface area contributed by atoms with Crippen molar-refractivity contribution in [2.24, 2.45) is 0 Å². The molecule has 0 radical (unpaired) electrons. The molecule has 0 amide bonds. The van der Waals surface area contributed by atoms with Crippen LogP contribution in [0.15, 0.2) is 12.3 Å². The molecule has 16 heavy (non-hydrogen) atoms. The SMILES string of the molecule is COc1ncc(C(O)C(O)CCS)cc1N. The van der Waals surface area contributed by atoms with Gasteiger partial charge in [0.2, 0.25) is 5.88 Å². The van der Waals surface area contributed by atoms with Gasteiger partial charge in [-0.1, -0.05) is 0 Å². The van der Waals surface area contributed by atoms with Gasteiger partial charge in [0, 0.05) is 11.8 Å². The van der Waals surface area contributed by atoms with Gasteiger partial charge in [-0.25, -0.2) is 4.98 Å². The topological polar surface area (TPSA) is 88.6 Å². The van der Waals surface area contributed by atoms with Gasteiger partial charge < -0.3 is 20.7 Å². The molecule has 1 rings (SSSR count). The monoisotopic (exact) mass is 244 g/mol. The molecule has 0 bridgehead atoms. The van der Waals surface area contributed by atoms with Crippen LogP contribution in [0, 0.1) is 0 Å². The van der Waals surface area contributed by atoms with Crippen LogP contribution in [0.5, 0.6) is 5.88 Å². The van der Waals surface area contributed by atoms with E-state index in [2.05, 4.69) is 17.6 Å². The second kappa shape index (κ2) is 5.93. The number of rotatable bonds is 5. The van der Waals surface area contributed by atoms with E-state index in [9.17, 15) is 10.2 Å².